The van der Waals surface area contributed by atoms with E-state index in [1.165, 1.54) is 24.3 Å². The summed E-state index contributed by atoms with van der Waals surface area (Å²) in [5.74, 6) is -1.36. The van der Waals surface area contributed by atoms with Gasteiger partial charge in [0.1, 0.15) is 17.3 Å². The van der Waals surface area contributed by atoms with Crippen LogP contribution in [0.2, 0.25) is 0 Å². The SMILES string of the molecule is O=C(NC1=CCC(F)C=C1)C1(C(=O)Nc2ccc(Oc3ccnc4cc(-c5cnn(C6CCNCC6)c5)ncc34)c(F)c2)CC1. The van der Waals surface area contributed by atoms with Gasteiger partial charge >= 0.3 is 0 Å². The van der Waals surface area contributed by atoms with Gasteiger partial charge in [-0.2, -0.15) is 5.10 Å². The minimum absolute atomic E-state index is 0.0473. The second-order valence-corrected chi connectivity index (χ2v) is 11.6. The highest BCUT2D eigenvalue weighted by atomic mass is 19.1. The Bertz CT molecular complexity index is 1840. The molecule has 1 atom stereocenters. The Labute approximate surface area is 257 Å². The number of anilines is 1. The quantitative estimate of drug-likeness (QED) is 0.229. The van der Waals surface area contributed by atoms with Crippen molar-refractivity contribution < 1.29 is 23.1 Å². The molecule has 1 saturated carbocycles. The highest BCUT2D eigenvalue weighted by Crippen LogP contribution is 2.47. The van der Waals surface area contributed by atoms with Crippen LogP contribution < -0.4 is 20.7 Å². The molecule has 0 spiro atoms. The lowest BCUT2D eigenvalue weighted by atomic mass is 10.0. The Morgan fingerprint density at radius 2 is 1.84 bits per heavy atom. The summed E-state index contributed by atoms with van der Waals surface area (Å²) in [5, 5.41) is 13.9. The maximum absolute atomic E-state index is 15.2. The van der Waals surface area contributed by atoms with Gasteiger partial charge in [-0.05, 0) is 75.2 Å². The predicted molar refractivity (Wildman–Crippen MR) is 164 cm³/mol. The molecule has 1 saturated heterocycles. The van der Waals surface area contributed by atoms with Gasteiger partial charge in [0.25, 0.3) is 0 Å². The number of pyridine rings is 2. The number of fused-ring (bicyclic) bond motifs is 1. The van der Waals surface area contributed by atoms with E-state index in [0.717, 1.165) is 43.3 Å². The van der Waals surface area contributed by atoms with Crippen molar-refractivity contribution in [3.8, 4) is 22.8 Å². The van der Waals surface area contributed by atoms with Crippen molar-refractivity contribution in [2.45, 2.75) is 44.3 Å². The number of aromatic nitrogens is 4. The Kier molecular flexibility index (Phi) is 7.58. The van der Waals surface area contributed by atoms with E-state index < -0.39 is 29.2 Å². The number of hydrogen-bond donors (Lipinski definition) is 3. The number of ether oxygens (including phenoxy) is 1. The molecule has 45 heavy (non-hydrogen) atoms. The van der Waals surface area contributed by atoms with E-state index in [1.807, 2.05) is 16.9 Å². The van der Waals surface area contributed by atoms with Crippen LogP contribution in [0.5, 0.6) is 11.5 Å². The van der Waals surface area contributed by atoms with Crippen LogP contribution in [-0.4, -0.2) is 50.8 Å². The fourth-order valence-electron chi connectivity index (χ4n) is 5.66. The number of nitrogens with zero attached hydrogens (tertiary/aromatic N) is 4. The molecule has 2 fully saturated rings. The van der Waals surface area contributed by atoms with Crippen LogP contribution in [0.1, 0.15) is 38.1 Å². The first-order valence-corrected chi connectivity index (χ1v) is 15.0. The van der Waals surface area contributed by atoms with E-state index in [1.54, 1.807) is 30.7 Å². The third kappa shape index (κ3) is 5.93. The first kappa shape index (κ1) is 28.8. The van der Waals surface area contributed by atoms with Crippen LogP contribution in [0, 0.1) is 11.2 Å². The minimum Gasteiger partial charge on any atom is -0.453 e. The van der Waals surface area contributed by atoms with E-state index in [9.17, 15) is 14.0 Å². The van der Waals surface area contributed by atoms with E-state index >= 15 is 4.39 Å². The summed E-state index contributed by atoms with van der Waals surface area (Å²) in [7, 11) is 0. The Balaban J connectivity index is 1.03. The third-order valence-corrected chi connectivity index (χ3v) is 8.50. The first-order chi connectivity index (χ1) is 21.9. The number of carbonyl (C=O) groups excluding carboxylic acids is 2. The zero-order valence-electron chi connectivity index (χ0n) is 24.3. The molecule has 7 rings (SSSR count). The molecule has 4 heterocycles. The largest absolute Gasteiger partial charge is 0.453 e. The highest BCUT2D eigenvalue weighted by molar-refractivity contribution is 6.13. The van der Waals surface area contributed by atoms with Gasteiger partial charge in [0, 0.05) is 48.0 Å². The zero-order valence-corrected chi connectivity index (χ0v) is 24.3. The first-order valence-electron chi connectivity index (χ1n) is 15.0. The normalized spacial score (nSPS) is 19.2. The van der Waals surface area contributed by atoms with Crippen LogP contribution in [-0.2, 0) is 9.59 Å². The van der Waals surface area contributed by atoms with Gasteiger partial charge in [0.15, 0.2) is 11.6 Å². The predicted octanol–water partition coefficient (Wildman–Crippen LogP) is 5.37. The van der Waals surface area contributed by atoms with Crippen molar-refractivity contribution in [1.29, 1.82) is 0 Å². The van der Waals surface area contributed by atoms with Crippen molar-refractivity contribution >= 4 is 28.4 Å². The molecule has 230 valence electrons. The maximum Gasteiger partial charge on any atom is 0.240 e. The van der Waals surface area contributed by atoms with E-state index in [4.69, 9.17) is 4.74 Å². The van der Waals surface area contributed by atoms with E-state index in [0.29, 0.717) is 41.2 Å². The van der Waals surface area contributed by atoms with Crippen LogP contribution in [0.4, 0.5) is 14.5 Å². The average molecular weight is 612 g/mol. The van der Waals surface area contributed by atoms with Gasteiger partial charge in [0.05, 0.1) is 28.8 Å². The molecule has 2 amide bonds. The molecule has 3 aromatic heterocycles. The summed E-state index contributed by atoms with van der Waals surface area (Å²) >= 11 is 0. The smallest absolute Gasteiger partial charge is 0.240 e. The van der Waals surface area contributed by atoms with Crippen molar-refractivity contribution in [2.75, 3.05) is 18.4 Å². The van der Waals surface area contributed by atoms with E-state index in [-0.39, 0.29) is 17.9 Å². The number of carbonyl (C=O) groups is 2. The van der Waals surface area contributed by atoms with Gasteiger partial charge in [-0.3, -0.25) is 24.2 Å². The molecule has 1 unspecified atom stereocenters. The zero-order chi connectivity index (χ0) is 31.0. The number of halogens is 2. The summed E-state index contributed by atoms with van der Waals surface area (Å²) < 4.78 is 36.4. The lowest BCUT2D eigenvalue weighted by Gasteiger charge is -2.22. The second-order valence-electron chi connectivity index (χ2n) is 11.6. The molecule has 10 nitrogen and oxygen atoms in total. The summed E-state index contributed by atoms with van der Waals surface area (Å²) in [4.78, 5) is 35.0. The number of amides is 2. The number of rotatable bonds is 8. The summed E-state index contributed by atoms with van der Waals surface area (Å²) in [6.45, 7) is 1.94. The van der Waals surface area contributed by atoms with Crippen LogP contribution in [0.25, 0.3) is 22.2 Å². The minimum atomic E-state index is -1.25. The molecule has 4 aromatic rings. The average Bonchev–Trinajstić information content (AvgIpc) is 3.73. The molecule has 3 aliphatic rings. The van der Waals surface area contributed by atoms with Crippen LogP contribution >= 0.6 is 0 Å². The molecule has 0 bridgehead atoms. The van der Waals surface area contributed by atoms with Gasteiger partial charge in [-0.1, -0.05) is 6.08 Å². The molecule has 2 aliphatic carbocycles. The number of hydrogen-bond acceptors (Lipinski definition) is 7. The van der Waals surface area contributed by atoms with Gasteiger partial charge in [0.2, 0.25) is 11.8 Å². The van der Waals surface area contributed by atoms with Crippen LogP contribution in [0.15, 0.2) is 79.0 Å². The number of allylic oxidation sites excluding steroid dienone is 3. The molecule has 1 aromatic carbocycles. The van der Waals surface area contributed by atoms with Crippen molar-refractivity contribution in [3.05, 3.63) is 84.9 Å². The number of piperidine rings is 1. The second kappa shape index (κ2) is 11.8. The Morgan fingerprint density at radius 1 is 1.02 bits per heavy atom. The maximum atomic E-state index is 15.2. The van der Waals surface area contributed by atoms with Crippen molar-refractivity contribution in [1.82, 2.24) is 30.4 Å². The fraction of sp³-hybridized carbons (Fsp3) is 0.303. The van der Waals surface area contributed by atoms with Gasteiger partial charge < -0.3 is 20.7 Å². The Hall–Kier alpha value is -4.97. The topological polar surface area (TPSA) is 123 Å². The number of alkyl halides is 1. The van der Waals surface area contributed by atoms with Gasteiger partial charge in [-0.25, -0.2) is 8.78 Å². The summed E-state index contributed by atoms with van der Waals surface area (Å²) in [6.07, 6.45) is 13.3. The molecular weight excluding hydrogens is 580 g/mol. The molecule has 12 heteroatoms. The fourth-order valence-corrected chi connectivity index (χ4v) is 5.66. The van der Waals surface area contributed by atoms with E-state index in [2.05, 4.69) is 31.0 Å². The molecule has 0 radical (unpaired) electrons. The van der Waals surface area contributed by atoms with Crippen molar-refractivity contribution in [3.63, 3.8) is 0 Å². The number of nitrogens with one attached hydrogen (secondary N) is 3. The molecule has 1 aliphatic heterocycles. The Morgan fingerprint density at radius 3 is 2.60 bits per heavy atom. The molecular formula is C33H31F2N7O3. The lowest BCUT2D eigenvalue weighted by Crippen LogP contribution is -2.39. The summed E-state index contributed by atoms with van der Waals surface area (Å²) in [5.41, 5.74) is 1.64. The van der Waals surface area contributed by atoms with Gasteiger partial charge in [-0.15, -0.1) is 0 Å². The number of benzene rings is 1. The third-order valence-electron chi connectivity index (χ3n) is 8.50. The lowest BCUT2D eigenvalue weighted by molar-refractivity contribution is -0.133. The van der Waals surface area contributed by atoms with Crippen molar-refractivity contribution in [2.24, 2.45) is 5.41 Å². The highest BCUT2D eigenvalue weighted by Gasteiger charge is 2.56. The standard InChI is InChI=1S/C33H31F2N7O3/c34-21-1-3-22(4-2-21)40-31(43)33(10-11-33)32(44)41-23-5-6-30(26(35)15-23)45-29-9-14-37-28-16-27(38-18-25(28)29)20-17-39-42(19-20)24-7-12-36-13-8-24/h1,3-6,9,14-19,21,24,36H,2,7-8,10-13H2,(H,40,43)(H,41,44). The summed E-state index contributed by atoms with van der Waals surface area (Å²) in [6, 6.07) is 7.92. The molecule has 3 N–H and O–H groups in total. The monoisotopic (exact) mass is 611 g/mol. The van der Waals surface area contributed by atoms with Crippen LogP contribution in [0.3, 0.4) is 0 Å².